The van der Waals surface area contributed by atoms with Crippen LogP contribution in [0.4, 0.5) is 0 Å². The summed E-state index contributed by atoms with van der Waals surface area (Å²) in [4.78, 5) is 9.94. The van der Waals surface area contributed by atoms with Crippen molar-refractivity contribution in [1.29, 1.82) is 0 Å². The zero-order valence-electron chi connectivity index (χ0n) is 8.89. The summed E-state index contributed by atoms with van der Waals surface area (Å²) >= 11 is 0. The summed E-state index contributed by atoms with van der Waals surface area (Å²) in [5.74, 6) is 0.235. The lowest BCUT2D eigenvalue weighted by atomic mass is 10.2. The van der Waals surface area contributed by atoms with E-state index in [1.54, 1.807) is 0 Å². The minimum atomic E-state index is 0.235. The van der Waals surface area contributed by atoms with Gasteiger partial charge in [0.2, 0.25) is 0 Å². The molecule has 0 saturated heterocycles. The number of carbonyl (C=O) groups is 1. The number of ether oxygens (including phenoxy) is 2. The molecule has 3 nitrogen and oxygen atoms in total. The van der Waals surface area contributed by atoms with Crippen LogP contribution < -0.4 is 0 Å². The van der Waals surface area contributed by atoms with E-state index in [1.165, 1.54) is 0 Å². The second kappa shape index (κ2) is 7.01. The number of hydrogen-bond acceptors (Lipinski definition) is 3. The second-order valence-corrected chi connectivity index (χ2v) is 3.54. The van der Waals surface area contributed by atoms with E-state index in [9.17, 15) is 4.79 Å². The molecule has 1 rings (SSSR count). The predicted molar refractivity (Wildman–Crippen MR) is 57.3 cm³/mol. The molecule has 0 aliphatic heterocycles. The third-order valence-corrected chi connectivity index (χ3v) is 1.96. The highest BCUT2D eigenvalue weighted by atomic mass is 16.5. The van der Waals surface area contributed by atoms with E-state index in [1.807, 2.05) is 37.3 Å². The van der Waals surface area contributed by atoms with Crippen molar-refractivity contribution >= 4 is 6.47 Å². The van der Waals surface area contributed by atoms with Crippen molar-refractivity contribution in [2.24, 2.45) is 5.92 Å². The molecule has 0 N–H and O–H groups in total. The van der Waals surface area contributed by atoms with Crippen molar-refractivity contribution < 1.29 is 14.3 Å². The lowest BCUT2D eigenvalue weighted by molar-refractivity contribution is -0.130. The first-order chi connectivity index (χ1) is 7.33. The Morgan fingerprint density at radius 3 is 2.67 bits per heavy atom. The molecule has 1 unspecified atom stereocenters. The molecule has 3 heteroatoms. The largest absolute Gasteiger partial charge is 0.468 e. The summed E-state index contributed by atoms with van der Waals surface area (Å²) in [6.07, 6.45) is 0. The quantitative estimate of drug-likeness (QED) is 0.643. The number of benzene rings is 1. The van der Waals surface area contributed by atoms with Crippen LogP contribution in [0.1, 0.15) is 12.5 Å². The van der Waals surface area contributed by atoms with Crippen LogP contribution in [0.15, 0.2) is 30.3 Å². The topological polar surface area (TPSA) is 35.5 Å². The Hall–Kier alpha value is -1.35. The molecule has 0 spiro atoms. The van der Waals surface area contributed by atoms with Crippen LogP contribution in [0.3, 0.4) is 0 Å². The molecule has 0 fully saturated rings. The van der Waals surface area contributed by atoms with E-state index in [2.05, 4.69) is 4.74 Å². The van der Waals surface area contributed by atoms with Gasteiger partial charge in [-0.2, -0.15) is 0 Å². The van der Waals surface area contributed by atoms with Crippen molar-refractivity contribution in [3.8, 4) is 0 Å². The summed E-state index contributed by atoms with van der Waals surface area (Å²) in [6.45, 7) is 4.06. The molecule has 0 aliphatic carbocycles. The first kappa shape index (κ1) is 11.7. The molecule has 0 radical (unpaired) electrons. The van der Waals surface area contributed by atoms with Gasteiger partial charge in [-0.1, -0.05) is 37.3 Å². The number of rotatable bonds is 7. The summed E-state index contributed by atoms with van der Waals surface area (Å²) < 4.78 is 10.1. The minimum Gasteiger partial charge on any atom is -0.468 e. The van der Waals surface area contributed by atoms with E-state index < -0.39 is 0 Å². The van der Waals surface area contributed by atoms with Crippen LogP contribution >= 0.6 is 0 Å². The van der Waals surface area contributed by atoms with Gasteiger partial charge in [-0.15, -0.1) is 0 Å². The van der Waals surface area contributed by atoms with Crippen LogP contribution in [0, 0.1) is 5.92 Å². The second-order valence-electron chi connectivity index (χ2n) is 3.54. The lowest BCUT2D eigenvalue weighted by Crippen LogP contribution is -2.12. The molecule has 0 amide bonds. The van der Waals surface area contributed by atoms with E-state index >= 15 is 0 Å². The van der Waals surface area contributed by atoms with Crippen molar-refractivity contribution in [3.63, 3.8) is 0 Å². The molecule has 0 aliphatic rings. The van der Waals surface area contributed by atoms with Gasteiger partial charge in [0.05, 0.1) is 19.8 Å². The van der Waals surface area contributed by atoms with Gasteiger partial charge in [0.1, 0.15) is 0 Å². The van der Waals surface area contributed by atoms with Crippen LogP contribution in [0.5, 0.6) is 0 Å². The molecule has 0 heterocycles. The highest BCUT2D eigenvalue weighted by Gasteiger charge is 2.02. The maximum atomic E-state index is 9.94. The first-order valence-corrected chi connectivity index (χ1v) is 5.00. The van der Waals surface area contributed by atoms with Crippen molar-refractivity contribution in [3.05, 3.63) is 35.9 Å². The van der Waals surface area contributed by atoms with Crippen LogP contribution in [0.2, 0.25) is 0 Å². The summed E-state index contributed by atoms with van der Waals surface area (Å²) in [5, 5.41) is 0. The highest BCUT2D eigenvalue weighted by Crippen LogP contribution is 2.03. The molecule has 1 aromatic rings. The summed E-state index contributed by atoms with van der Waals surface area (Å²) in [5.41, 5.74) is 1.15. The maximum Gasteiger partial charge on any atom is 0.293 e. The molecule has 0 aromatic heterocycles. The third-order valence-electron chi connectivity index (χ3n) is 1.96. The third kappa shape index (κ3) is 5.18. The Bertz CT molecular complexity index is 271. The standard InChI is InChI=1S/C12H16O3/c1-11(8-15-10-13)7-14-9-12-5-3-2-4-6-12/h2-6,10-11H,7-9H2,1H3. The van der Waals surface area contributed by atoms with Crippen molar-refractivity contribution in [1.82, 2.24) is 0 Å². The molecular weight excluding hydrogens is 192 g/mol. The minimum absolute atomic E-state index is 0.235. The SMILES string of the molecule is CC(COC=O)COCc1ccccc1. The van der Waals surface area contributed by atoms with Gasteiger partial charge in [0.15, 0.2) is 0 Å². The fourth-order valence-corrected chi connectivity index (χ4v) is 1.20. The maximum absolute atomic E-state index is 9.94. The fourth-order valence-electron chi connectivity index (χ4n) is 1.20. The molecule has 82 valence electrons. The van der Waals surface area contributed by atoms with Gasteiger partial charge in [-0.3, -0.25) is 4.79 Å². The van der Waals surface area contributed by atoms with Crippen molar-refractivity contribution in [2.45, 2.75) is 13.5 Å². The van der Waals surface area contributed by atoms with Crippen molar-refractivity contribution in [2.75, 3.05) is 13.2 Å². The van der Waals surface area contributed by atoms with Gasteiger partial charge >= 0.3 is 0 Å². The van der Waals surface area contributed by atoms with Crippen LogP contribution in [-0.2, 0) is 20.9 Å². The average molecular weight is 208 g/mol. The van der Waals surface area contributed by atoms with Crippen LogP contribution in [-0.4, -0.2) is 19.7 Å². The van der Waals surface area contributed by atoms with E-state index in [4.69, 9.17) is 4.74 Å². The van der Waals surface area contributed by atoms with Gasteiger partial charge < -0.3 is 9.47 Å². The fraction of sp³-hybridized carbons (Fsp3) is 0.417. The van der Waals surface area contributed by atoms with Gasteiger partial charge in [0, 0.05) is 5.92 Å². The molecule has 0 bridgehead atoms. The average Bonchev–Trinajstić information content (AvgIpc) is 2.28. The zero-order valence-corrected chi connectivity index (χ0v) is 8.89. The normalized spacial score (nSPS) is 12.1. The van der Waals surface area contributed by atoms with Gasteiger partial charge in [-0.25, -0.2) is 0 Å². The molecule has 15 heavy (non-hydrogen) atoms. The molecule has 0 saturated carbocycles. The Labute approximate surface area is 90.0 Å². The van der Waals surface area contributed by atoms with Gasteiger partial charge in [-0.05, 0) is 5.56 Å². The first-order valence-electron chi connectivity index (χ1n) is 5.00. The Kier molecular flexibility index (Phi) is 5.48. The predicted octanol–water partition coefficient (Wildman–Crippen LogP) is 2.01. The Morgan fingerprint density at radius 2 is 2.00 bits per heavy atom. The Morgan fingerprint density at radius 1 is 1.27 bits per heavy atom. The number of carbonyl (C=O) groups excluding carboxylic acids is 1. The summed E-state index contributed by atoms with van der Waals surface area (Å²) in [7, 11) is 0. The lowest BCUT2D eigenvalue weighted by Gasteiger charge is -2.10. The van der Waals surface area contributed by atoms with E-state index in [0.29, 0.717) is 26.3 Å². The van der Waals surface area contributed by atoms with Crippen LogP contribution in [0.25, 0.3) is 0 Å². The smallest absolute Gasteiger partial charge is 0.293 e. The number of hydrogen-bond donors (Lipinski definition) is 0. The molecule has 1 aromatic carbocycles. The Balaban J connectivity index is 2.13. The monoisotopic (exact) mass is 208 g/mol. The highest BCUT2D eigenvalue weighted by molar-refractivity contribution is 5.36. The van der Waals surface area contributed by atoms with E-state index in [0.717, 1.165) is 5.56 Å². The molecule has 1 atom stereocenters. The summed E-state index contributed by atoms with van der Waals surface area (Å²) in [6, 6.07) is 9.98. The molecular formula is C12H16O3. The van der Waals surface area contributed by atoms with E-state index in [-0.39, 0.29) is 5.92 Å². The van der Waals surface area contributed by atoms with Gasteiger partial charge in [0.25, 0.3) is 6.47 Å². The zero-order chi connectivity index (χ0) is 10.9.